The molecule has 0 aromatic heterocycles. The maximum atomic E-state index is 10.7. The summed E-state index contributed by atoms with van der Waals surface area (Å²) >= 11 is 0. The molecule has 1 aliphatic carbocycles. The number of aliphatic hydroxyl groups is 1. The van der Waals surface area contributed by atoms with Crippen molar-refractivity contribution in [1.29, 1.82) is 0 Å². The lowest BCUT2D eigenvalue weighted by atomic mass is 9.78. The molecule has 0 unspecified atom stereocenters. The summed E-state index contributed by atoms with van der Waals surface area (Å²) < 4.78 is 22.5. The first kappa shape index (κ1) is 19.5. The summed E-state index contributed by atoms with van der Waals surface area (Å²) in [6.45, 7) is 5.28. The van der Waals surface area contributed by atoms with Crippen LogP contribution in [0.25, 0.3) is 0 Å². The monoisotopic (exact) mass is 411 g/mol. The average molecular weight is 411 g/mol. The molecule has 2 heterocycles. The van der Waals surface area contributed by atoms with E-state index in [-0.39, 0.29) is 12.9 Å². The molecule has 1 N–H and O–H groups in total. The Balaban J connectivity index is 1.22. The van der Waals surface area contributed by atoms with Crippen molar-refractivity contribution in [2.24, 2.45) is 11.8 Å². The van der Waals surface area contributed by atoms with Crippen LogP contribution < -0.4 is 18.9 Å². The van der Waals surface area contributed by atoms with Gasteiger partial charge in [0.1, 0.15) is 17.6 Å². The minimum atomic E-state index is -0.448. The number of nitrogens with zero attached hydrogens (tertiary/aromatic N) is 1. The van der Waals surface area contributed by atoms with E-state index in [0.717, 1.165) is 55.3 Å². The first-order chi connectivity index (χ1) is 14.6. The van der Waals surface area contributed by atoms with E-state index in [2.05, 4.69) is 30.0 Å². The van der Waals surface area contributed by atoms with E-state index in [1.165, 1.54) is 5.56 Å². The van der Waals surface area contributed by atoms with Gasteiger partial charge in [0.05, 0.1) is 13.2 Å². The molecule has 0 bridgehead atoms. The highest BCUT2D eigenvalue weighted by atomic mass is 16.7. The second-order valence-corrected chi connectivity index (χ2v) is 8.73. The number of aryl methyl sites for hydroxylation is 1. The number of fused-ring (bicyclic) bond motifs is 2. The van der Waals surface area contributed by atoms with E-state index < -0.39 is 6.10 Å². The van der Waals surface area contributed by atoms with Crippen LogP contribution >= 0.6 is 0 Å². The van der Waals surface area contributed by atoms with Crippen LogP contribution in [0.5, 0.6) is 23.0 Å². The van der Waals surface area contributed by atoms with E-state index in [0.29, 0.717) is 17.6 Å². The zero-order valence-electron chi connectivity index (χ0n) is 17.5. The molecular formula is C24H29NO5. The van der Waals surface area contributed by atoms with E-state index in [9.17, 15) is 5.11 Å². The second-order valence-electron chi connectivity index (χ2n) is 8.73. The third-order valence-corrected chi connectivity index (χ3v) is 6.67. The maximum Gasteiger partial charge on any atom is 0.231 e. The van der Waals surface area contributed by atoms with Gasteiger partial charge in [-0.05, 0) is 60.9 Å². The second kappa shape index (κ2) is 8.00. The summed E-state index contributed by atoms with van der Waals surface area (Å²) in [4.78, 5) is 2.50. The van der Waals surface area contributed by atoms with Gasteiger partial charge in [-0.3, -0.25) is 4.90 Å². The SMILES string of the molecule is COc1cc(CN2C[C@H]3C[C@@H](Oc4ccc5c(c4)OCO5)[C@H](O)C[C@H]3C2)ccc1C. The normalized spacial score (nSPS) is 27.7. The van der Waals surface area contributed by atoms with Gasteiger partial charge >= 0.3 is 0 Å². The summed E-state index contributed by atoms with van der Waals surface area (Å²) in [5.41, 5.74) is 2.42. The molecule has 4 atom stereocenters. The van der Waals surface area contributed by atoms with Gasteiger partial charge in [-0.25, -0.2) is 0 Å². The quantitative estimate of drug-likeness (QED) is 0.814. The molecule has 6 nitrogen and oxygen atoms in total. The lowest BCUT2D eigenvalue weighted by molar-refractivity contribution is -0.0232. The molecule has 5 rings (SSSR count). The van der Waals surface area contributed by atoms with Gasteiger partial charge in [-0.1, -0.05) is 12.1 Å². The summed E-state index contributed by atoms with van der Waals surface area (Å²) in [5.74, 6) is 4.17. The minimum absolute atomic E-state index is 0.189. The maximum absolute atomic E-state index is 10.7. The number of hydrogen-bond donors (Lipinski definition) is 1. The van der Waals surface area contributed by atoms with Crippen LogP contribution in [0, 0.1) is 18.8 Å². The molecule has 1 saturated heterocycles. The van der Waals surface area contributed by atoms with Crippen molar-refractivity contribution >= 4 is 0 Å². The third-order valence-electron chi connectivity index (χ3n) is 6.67. The Hall–Kier alpha value is -2.44. The first-order valence-corrected chi connectivity index (χ1v) is 10.7. The number of aliphatic hydroxyl groups excluding tert-OH is 1. The molecule has 2 aromatic carbocycles. The molecule has 1 saturated carbocycles. The Morgan fingerprint density at radius 1 is 1.03 bits per heavy atom. The van der Waals surface area contributed by atoms with Crippen molar-refractivity contribution < 1.29 is 24.1 Å². The Kier molecular flexibility index (Phi) is 5.21. The van der Waals surface area contributed by atoms with Crippen LogP contribution in [0.15, 0.2) is 36.4 Å². The molecule has 3 aliphatic rings. The predicted molar refractivity (Wildman–Crippen MR) is 112 cm³/mol. The van der Waals surface area contributed by atoms with Crippen LogP contribution in [-0.4, -0.2) is 49.2 Å². The van der Waals surface area contributed by atoms with Gasteiger partial charge < -0.3 is 24.1 Å². The number of ether oxygens (including phenoxy) is 4. The molecule has 2 fully saturated rings. The van der Waals surface area contributed by atoms with Gasteiger partial charge in [0.25, 0.3) is 0 Å². The van der Waals surface area contributed by atoms with Crippen molar-refractivity contribution in [2.75, 3.05) is 27.0 Å². The van der Waals surface area contributed by atoms with E-state index in [1.54, 1.807) is 7.11 Å². The first-order valence-electron chi connectivity index (χ1n) is 10.7. The average Bonchev–Trinajstić information content (AvgIpc) is 3.35. The van der Waals surface area contributed by atoms with Gasteiger partial charge in [-0.2, -0.15) is 0 Å². The molecular weight excluding hydrogens is 382 g/mol. The molecule has 0 amide bonds. The summed E-state index contributed by atoms with van der Waals surface area (Å²) in [6.07, 6.45) is 1.02. The lowest BCUT2D eigenvalue weighted by Crippen LogP contribution is -2.42. The van der Waals surface area contributed by atoms with Crippen LogP contribution in [0.4, 0.5) is 0 Å². The number of likely N-dealkylation sites (tertiary alicyclic amines) is 1. The molecule has 160 valence electrons. The van der Waals surface area contributed by atoms with E-state index in [4.69, 9.17) is 18.9 Å². The molecule has 0 radical (unpaired) electrons. The lowest BCUT2D eigenvalue weighted by Gasteiger charge is -2.35. The van der Waals surface area contributed by atoms with E-state index in [1.807, 2.05) is 18.2 Å². The highest BCUT2D eigenvalue weighted by molar-refractivity contribution is 5.47. The number of methoxy groups -OCH3 is 1. The van der Waals surface area contributed by atoms with Crippen LogP contribution in [0.3, 0.4) is 0 Å². The van der Waals surface area contributed by atoms with Crippen molar-refractivity contribution in [2.45, 2.75) is 38.5 Å². The van der Waals surface area contributed by atoms with Crippen molar-refractivity contribution in [1.82, 2.24) is 4.90 Å². The molecule has 6 heteroatoms. The van der Waals surface area contributed by atoms with Crippen LogP contribution in [-0.2, 0) is 6.54 Å². The molecule has 2 aliphatic heterocycles. The fourth-order valence-electron chi connectivity index (χ4n) is 5.09. The topological polar surface area (TPSA) is 60.4 Å². The zero-order valence-corrected chi connectivity index (χ0v) is 17.5. The highest BCUT2D eigenvalue weighted by Gasteiger charge is 2.42. The molecule has 0 spiro atoms. The minimum Gasteiger partial charge on any atom is -0.496 e. The predicted octanol–water partition coefficient (Wildman–Crippen LogP) is 3.38. The molecule has 2 aromatic rings. The third kappa shape index (κ3) is 3.82. The Labute approximate surface area is 177 Å². The van der Waals surface area contributed by atoms with Crippen molar-refractivity contribution in [3.8, 4) is 23.0 Å². The fraction of sp³-hybridized carbons (Fsp3) is 0.500. The van der Waals surface area contributed by atoms with Crippen LogP contribution in [0.2, 0.25) is 0 Å². The summed E-state index contributed by atoms with van der Waals surface area (Å²) in [6, 6.07) is 12.0. The van der Waals surface area contributed by atoms with Crippen LogP contribution in [0.1, 0.15) is 24.0 Å². The fourth-order valence-corrected chi connectivity index (χ4v) is 5.09. The Bertz CT molecular complexity index is 916. The number of hydrogen-bond acceptors (Lipinski definition) is 6. The standard InChI is InChI=1S/C24H29NO5/c1-15-3-4-16(7-22(15)27-2)11-25-12-17-8-20(26)23(9-18(17)13-25)30-19-5-6-21-24(10-19)29-14-28-21/h3-7,10,17-18,20,23,26H,8-9,11-14H2,1-2H3/t17-,18+,20+,23+/m0/s1. The van der Waals surface area contributed by atoms with Crippen molar-refractivity contribution in [3.63, 3.8) is 0 Å². The molecule has 30 heavy (non-hydrogen) atoms. The summed E-state index contributed by atoms with van der Waals surface area (Å²) in [7, 11) is 1.72. The van der Waals surface area contributed by atoms with Gasteiger partial charge in [0.2, 0.25) is 6.79 Å². The summed E-state index contributed by atoms with van der Waals surface area (Å²) in [5, 5.41) is 10.7. The highest BCUT2D eigenvalue weighted by Crippen LogP contribution is 2.40. The zero-order chi connectivity index (χ0) is 20.7. The number of rotatable bonds is 5. The van der Waals surface area contributed by atoms with Crippen molar-refractivity contribution in [3.05, 3.63) is 47.5 Å². The Morgan fingerprint density at radius 2 is 1.83 bits per heavy atom. The van der Waals surface area contributed by atoms with Gasteiger partial charge in [-0.15, -0.1) is 0 Å². The van der Waals surface area contributed by atoms with Gasteiger partial charge in [0, 0.05) is 25.7 Å². The smallest absolute Gasteiger partial charge is 0.231 e. The Morgan fingerprint density at radius 3 is 2.67 bits per heavy atom. The van der Waals surface area contributed by atoms with Gasteiger partial charge in [0.15, 0.2) is 11.5 Å². The number of benzene rings is 2. The van der Waals surface area contributed by atoms with E-state index >= 15 is 0 Å². The largest absolute Gasteiger partial charge is 0.496 e.